The molecule has 0 saturated heterocycles. The Morgan fingerprint density at radius 2 is 2.27 bits per heavy atom. The van der Waals surface area contributed by atoms with Crippen molar-refractivity contribution in [3.05, 3.63) is 40.2 Å². The van der Waals surface area contributed by atoms with E-state index in [1.165, 1.54) is 22.6 Å². The zero-order valence-corrected chi connectivity index (χ0v) is 9.06. The lowest BCUT2D eigenvalue weighted by atomic mass is 10.1. The highest BCUT2D eigenvalue weighted by Gasteiger charge is 2.11. The third-order valence-electron chi connectivity index (χ3n) is 2.79. The third kappa shape index (κ3) is 1.47. The smallest absolute Gasteiger partial charge is 0.189 e. The predicted octanol–water partition coefficient (Wildman–Crippen LogP) is 2.57. The van der Waals surface area contributed by atoms with E-state index in [9.17, 15) is 4.79 Å². The SMILES string of the molecule is O=c1cc[nH]c2cc3c(cc12)SCCC3. The second-order valence-electron chi connectivity index (χ2n) is 3.80. The Labute approximate surface area is 91.7 Å². The summed E-state index contributed by atoms with van der Waals surface area (Å²) in [6.07, 6.45) is 4.09. The summed E-state index contributed by atoms with van der Waals surface area (Å²) in [5, 5.41) is 0.811. The van der Waals surface area contributed by atoms with E-state index in [1.807, 2.05) is 17.8 Å². The van der Waals surface area contributed by atoms with Crippen LogP contribution >= 0.6 is 11.8 Å². The molecule has 0 saturated carbocycles. The molecule has 0 radical (unpaired) electrons. The van der Waals surface area contributed by atoms with Crippen LogP contribution in [0.5, 0.6) is 0 Å². The molecular formula is C12H11NOS. The number of hydrogen-bond acceptors (Lipinski definition) is 2. The maximum atomic E-state index is 11.6. The molecule has 0 spiro atoms. The van der Waals surface area contributed by atoms with Crippen LogP contribution in [0.4, 0.5) is 0 Å². The highest BCUT2D eigenvalue weighted by Crippen LogP contribution is 2.31. The number of aromatic amines is 1. The highest BCUT2D eigenvalue weighted by atomic mass is 32.2. The lowest BCUT2D eigenvalue weighted by Crippen LogP contribution is -2.04. The van der Waals surface area contributed by atoms with Crippen molar-refractivity contribution in [2.45, 2.75) is 17.7 Å². The largest absolute Gasteiger partial charge is 0.361 e. The third-order valence-corrected chi connectivity index (χ3v) is 3.97. The van der Waals surface area contributed by atoms with E-state index in [2.05, 4.69) is 11.1 Å². The van der Waals surface area contributed by atoms with E-state index in [4.69, 9.17) is 0 Å². The summed E-state index contributed by atoms with van der Waals surface area (Å²) in [6, 6.07) is 5.74. The average Bonchev–Trinajstić information content (AvgIpc) is 2.27. The van der Waals surface area contributed by atoms with Gasteiger partial charge in [0.25, 0.3) is 0 Å². The van der Waals surface area contributed by atoms with Crippen LogP contribution in [0.15, 0.2) is 34.1 Å². The molecule has 15 heavy (non-hydrogen) atoms. The molecule has 2 aromatic rings. The van der Waals surface area contributed by atoms with E-state index in [0.717, 1.165) is 17.3 Å². The molecule has 0 unspecified atom stereocenters. The standard InChI is InChI=1S/C12H11NOS/c14-11-3-4-13-10-6-8-2-1-5-15-12(8)7-9(10)11/h3-4,6-7H,1-2,5H2,(H,13,14). The molecule has 0 amide bonds. The fourth-order valence-electron chi connectivity index (χ4n) is 2.02. The van der Waals surface area contributed by atoms with Crippen LogP contribution < -0.4 is 5.43 Å². The average molecular weight is 217 g/mol. The Balaban J connectivity index is 2.36. The first kappa shape index (κ1) is 9.04. The molecule has 3 heteroatoms. The van der Waals surface area contributed by atoms with Gasteiger partial charge in [-0.05, 0) is 36.3 Å². The first-order valence-corrected chi connectivity index (χ1v) is 6.10. The molecule has 0 fully saturated rings. The molecule has 0 bridgehead atoms. The molecule has 0 aliphatic carbocycles. The van der Waals surface area contributed by atoms with Crippen molar-refractivity contribution in [3.63, 3.8) is 0 Å². The fourth-order valence-corrected chi connectivity index (χ4v) is 3.08. The Bertz CT molecular complexity index is 573. The number of fused-ring (bicyclic) bond motifs is 2. The first-order valence-electron chi connectivity index (χ1n) is 5.12. The maximum Gasteiger partial charge on any atom is 0.189 e. The zero-order valence-electron chi connectivity index (χ0n) is 8.25. The second-order valence-corrected chi connectivity index (χ2v) is 4.94. The molecule has 2 heterocycles. The summed E-state index contributed by atoms with van der Waals surface area (Å²) in [5.74, 6) is 1.17. The number of H-pyrrole nitrogens is 1. The normalized spacial score (nSPS) is 15.2. The van der Waals surface area contributed by atoms with Crippen LogP contribution in [0.25, 0.3) is 10.9 Å². The van der Waals surface area contributed by atoms with Gasteiger partial charge in [-0.3, -0.25) is 4.79 Å². The van der Waals surface area contributed by atoms with Gasteiger partial charge >= 0.3 is 0 Å². The van der Waals surface area contributed by atoms with Crippen LogP contribution in [0.1, 0.15) is 12.0 Å². The van der Waals surface area contributed by atoms with Gasteiger partial charge in [0.2, 0.25) is 0 Å². The van der Waals surface area contributed by atoms with Gasteiger partial charge in [0, 0.05) is 28.1 Å². The van der Waals surface area contributed by atoms with Gasteiger partial charge in [0.15, 0.2) is 5.43 Å². The van der Waals surface area contributed by atoms with Crippen molar-refractivity contribution >= 4 is 22.7 Å². The highest BCUT2D eigenvalue weighted by molar-refractivity contribution is 7.99. The summed E-state index contributed by atoms with van der Waals surface area (Å²) >= 11 is 1.86. The topological polar surface area (TPSA) is 32.9 Å². The fraction of sp³-hybridized carbons (Fsp3) is 0.250. The summed E-state index contributed by atoms with van der Waals surface area (Å²) in [4.78, 5) is 16.1. The monoisotopic (exact) mass is 217 g/mol. The van der Waals surface area contributed by atoms with Crippen molar-refractivity contribution < 1.29 is 0 Å². The van der Waals surface area contributed by atoms with Crippen LogP contribution in [0, 0.1) is 0 Å². The molecular weight excluding hydrogens is 206 g/mol. The van der Waals surface area contributed by atoms with Crippen LogP contribution in [-0.2, 0) is 6.42 Å². The minimum atomic E-state index is 0.109. The van der Waals surface area contributed by atoms with Gasteiger partial charge in [-0.2, -0.15) is 0 Å². The quantitative estimate of drug-likeness (QED) is 0.735. The minimum absolute atomic E-state index is 0.109. The summed E-state index contributed by atoms with van der Waals surface area (Å²) in [7, 11) is 0. The van der Waals surface area contributed by atoms with Crippen molar-refractivity contribution in [2.75, 3.05) is 5.75 Å². The maximum absolute atomic E-state index is 11.6. The number of aromatic nitrogens is 1. The van der Waals surface area contributed by atoms with Gasteiger partial charge in [-0.15, -0.1) is 11.8 Å². The molecule has 1 N–H and O–H groups in total. The van der Waals surface area contributed by atoms with Crippen molar-refractivity contribution in [1.29, 1.82) is 0 Å². The molecule has 0 atom stereocenters. The van der Waals surface area contributed by atoms with Crippen LogP contribution in [0.3, 0.4) is 0 Å². The lowest BCUT2D eigenvalue weighted by molar-refractivity contribution is 0.892. The van der Waals surface area contributed by atoms with Crippen molar-refractivity contribution in [3.8, 4) is 0 Å². The Hall–Kier alpha value is -1.22. The molecule has 1 aliphatic rings. The van der Waals surface area contributed by atoms with Crippen LogP contribution in [-0.4, -0.2) is 10.7 Å². The van der Waals surface area contributed by atoms with Gasteiger partial charge in [-0.25, -0.2) is 0 Å². The molecule has 1 aromatic carbocycles. The number of nitrogens with one attached hydrogen (secondary N) is 1. The molecule has 76 valence electrons. The van der Waals surface area contributed by atoms with Crippen LogP contribution in [0.2, 0.25) is 0 Å². The lowest BCUT2D eigenvalue weighted by Gasteiger charge is -2.15. The first-order chi connectivity index (χ1) is 7.34. The molecule has 2 nitrogen and oxygen atoms in total. The molecule has 3 rings (SSSR count). The van der Waals surface area contributed by atoms with Gasteiger partial charge in [0.1, 0.15) is 0 Å². The zero-order chi connectivity index (χ0) is 10.3. The summed E-state index contributed by atoms with van der Waals surface area (Å²) in [5.41, 5.74) is 2.45. The predicted molar refractivity (Wildman–Crippen MR) is 63.6 cm³/mol. The van der Waals surface area contributed by atoms with Gasteiger partial charge < -0.3 is 4.98 Å². The number of pyridine rings is 1. The molecule has 1 aliphatic heterocycles. The number of thioether (sulfide) groups is 1. The number of benzene rings is 1. The van der Waals surface area contributed by atoms with Gasteiger partial charge in [0.05, 0.1) is 0 Å². The number of hydrogen-bond donors (Lipinski definition) is 1. The Morgan fingerprint density at radius 1 is 1.33 bits per heavy atom. The van der Waals surface area contributed by atoms with Crippen molar-refractivity contribution in [1.82, 2.24) is 4.98 Å². The Kier molecular flexibility index (Phi) is 2.06. The van der Waals surface area contributed by atoms with Crippen molar-refractivity contribution in [2.24, 2.45) is 0 Å². The summed E-state index contributed by atoms with van der Waals surface area (Å²) < 4.78 is 0. The van der Waals surface area contributed by atoms with Gasteiger partial charge in [-0.1, -0.05) is 0 Å². The van der Waals surface area contributed by atoms with E-state index in [0.29, 0.717) is 0 Å². The van der Waals surface area contributed by atoms with E-state index in [1.54, 1.807) is 12.3 Å². The van der Waals surface area contributed by atoms with E-state index < -0.39 is 0 Å². The number of aryl methyl sites for hydroxylation is 1. The second kappa shape index (κ2) is 3.42. The Morgan fingerprint density at radius 3 is 3.20 bits per heavy atom. The van der Waals surface area contributed by atoms with E-state index >= 15 is 0 Å². The number of rotatable bonds is 0. The minimum Gasteiger partial charge on any atom is -0.361 e. The summed E-state index contributed by atoms with van der Waals surface area (Å²) in [6.45, 7) is 0. The van der Waals surface area contributed by atoms with E-state index in [-0.39, 0.29) is 5.43 Å². The molecule has 1 aromatic heterocycles.